The summed E-state index contributed by atoms with van der Waals surface area (Å²) in [5, 5.41) is 4.34. The molecule has 2 aromatic rings. The normalized spacial score (nSPS) is 10.9. The van der Waals surface area contributed by atoms with Crippen molar-refractivity contribution in [2.75, 3.05) is 0 Å². The molecule has 0 unspecified atom stereocenters. The second kappa shape index (κ2) is 4.49. The molecule has 0 aliphatic heterocycles. The van der Waals surface area contributed by atoms with Crippen molar-refractivity contribution in [3.63, 3.8) is 0 Å². The summed E-state index contributed by atoms with van der Waals surface area (Å²) in [5.41, 5.74) is 4.20. The molecule has 2 rings (SSSR count). The van der Waals surface area contributed by atoms with Crippen molar-refractivity contribution in [3.05, 3.63) is 46.5 Å². The molecule has 0 amide bonds. The Kier molecular flexibility index (Phi) is 3.20. The standard InChI is InChI=1S/C13H14ClFN2/c1-8-9(2)16-17(10(8)3)13-5-4-11(7-14)6-12(13)15/h4-6H,7H2,1-3H3. The second-order valence-corrected chi connectivity index (χ2v) is 4.39. The van der Waals surface area contributed by atoms with E-state index in [1.165, 1.54) is 6.07 Å². The highest BCUT2D eigenvalue weighted by molar-refractivity contribution is 6.17. The van der Waals surface area contributed by atoms with Crippen LogP contribution in [0.25, 0.3) is 5.69 Å². The van der Waals surface area contributed by atoms with Gasteiger partial charge in [-0.2, -0.15) is 5.10 Å². The third-order valence-electron chi connectivity index (χ3n) is 3.05. The molecule has 0 radical (unpaired) electrons. The lowest BCUT2D eigenvalue weighted by Gasteiger charge is -2.07. The van der Waals surface area contributed by atoms with Gasteiger partial charge in [-0.05, 0) is 44.0 Å². The molecule has 1 aromatic heterocycles. The predicted molar refractivity (Wildman–Crippen MR) is 67.3 cm³/mol. The van der Waals surface area contributed by atoms with Crippen LogP contribution in [0.2, 0.25) is 0 Å². The van der Waals surface area contributed by atoms with Gasteiger partial charge in [0.2, 0.25) is 0 Å². The number of alkyl halides is 1. The Morgan fingerprint density at radius 2 is 2.00 bits per heavy atom. The van der Waals surface area contributed by atoms with Gasteiger partial charge in [-0.25, -0.2) is 9.07 Å². The highest BCUT2D eigenvalue weighted by Crippen LogP contribution is 2.20. The number of hydrogen-bond acceptors (Lipinski definition) is 1. The minimum Gasteiger partial charge on any atom is -0.235 e. The zero-order chi connectivity index (χ0) is 12.6. The van der Waals surface area contributed by atoms with Crippen LogP contribution in [0.4, 0.5) is 4.39 Å². The number of halogens is 2. The first-order valence-corrected chi connectivity index (χ1v) is 5.95. The quantitative estimate of drug-likeness (QED) is 0.746. The highest BCUT2D eigenvalue weighted by atomic mass is 35.5. The molecule has 17 heavy (non-hydrogen) atoms. The van der Waals surface area contributed by atoms with E-state index < -0.39 is 0 Å². The van der Waals surface area contributed by atoms with Crippen LogP contribution in [0.1, 0.15) is 22.5 Å². The largest absolute Gasteiger partial charge is 0.235 e. The van der Waals surface area contributed by atoms with Crippen LogP contribution in [0.5, 0.6) is 0 Å². The molecule has 0 bridgehead atoms. The van der Waals surface area contributed by atoms with Crippen molar-refractivity contribution in [3.8, 4) is 5.69 Å². The molecular formula is C13H14ClFN2. The average molecular weight is 253 g/mol. The van der Waals surface area contributed by atoms with Crippen LogP contribution in [0.3, 0.4) is 0 Å². The topological polar surface area (TPSA) is 17.8 Å². The van der Waals surface area contributed by atoms with E-state index >= 15 is 0 Å². The van der Waals surface area contributed by atoms with E-state index in [0.717, 1.165) is 22.5 Å². The van der Waals surface area contributed by atoms with Gasteiger partial charge in [0, 0.05) is 11.6 Å². The number of aryl methyl sites for hydroxylation is 1. The smallest absolute Gasteiger partial charge is 0.149 e. The van der Waals surface area contributed by atoms with Crippen LogP contribution in [-0.2, 0) is 5.88 Å². The molecule has 1 heterocycles. The molecule has 2 nitrogen and oxygen atoms in total. The van der Waals surface area contributed by atoms with Crippen molar-refractivity contribution < 1.29 is 4.39 Å². The Balaban J connectivity index is 2.57. The van der Waals surface area contributed by atoms with Crippen LogP contribution in [0, 0.1) is 26.6 Å². The predicted octanol–water partition coefficient (Wildman–Crippen LogP) is 3.68. The molecule has 0 atom stereocenters. The third-order valence-corrected chi connectivity index (χ3v) is 3.36. The zero-order valence-corrected chi connectivity index (χ0v) is 10.8. The van der Waals surface area contributed by atoms with Crippen molar-refractivity contribution in [2.45, 2.75) is 26.7 Å². The van der Waals surface area contributed by atoms with Crippen LogP contribution >= 0.6 is 11.6 Å². The Morgan fingerprint density at radius 1 is 1.29 bits per heavy atom. The van der Waals surface area contributed by atoms with Crippen molar-refractivity contribution in [1.29, 1.82) is 0 Å². The molecule has 0 saturated heterocycles. The molecule has 0 aliphatic carbocycles. The molecule has 0 N–H and O–H groups in total. The highest BCUT2D eigenvalue weighted by Gasteiger charge is 2.12. The van der Waals surface area contributed by atoms with Gasteiger partial charge in [-0.3, -0.25) is 0 Å². The summed E-state index contributed by atoms with van der Waals surface area (Å²) in [6.45, 7) is 5.84. The lowest BCUT2D eigenvalue weighted by Crippen LogP contribution is -2.02. The van der Waals surface area contributed by atoms with Crippen molar-refractivity contribution in [2.24, 2.45) is 0 Å². The summed E-state index contributed by atoms with van der Waals surface area (Å²) >= 11 is 5.67. The van der Waals surface area contributed by atoms with E-state index in [1.54, 1.807) is 10.7 Å². The van der Waals surface area contributed by atoms with Gasteiger partial charge in [0.25, 0.3) is 0 Å². The fourth-order valence-electron chi connectivity index (χ4n) is 1.76. The van der Waals surface area contributed by atoms with E-state index in [4.69, 9.17) is 11.6 Å². The molecule has 0 saturated carbocycles. The first-order valence-electron chi connectivity index (χ1n) is 5.42. The SMILES string of the molecule is Cc1nn(-c2ccc(CCl)cc2F)c(C)c1C. The first kappa shape index (κ1) is 12.1. The van der Waals surface area contributed by atoms with E-state index in [1.807, 2.05) is 26.8 Å². The summed E-state index contributed by atoms with van der Waals surface area (Å²) in [6.07, 6.45) is 0. The summed E-state index contributed by atoms with van der Waals surface area (Å²) in [4.78, 5) is 0. The lowest BCUT2D eigenvalue weighted by atomic mass is 10.2. The Bertz CT molecular complexity index is 561. The molecule has 90 valence electrons. The fraction of sp³-hybridized carbons (Fsp3) is 0.308. The van der Waals surface area contributed by atoms with Crippen LogP contribution < -0.4 is 0 Å². The number of aromatic nitrogens is 2. The molecule has 0 spiro atoms. The molecule has 1 aromatic carbocycles. The van der Waals surface area contributed by atoms with E-state index in [-0.39, 0.29) is 5.82 Å². The Morgan fingerprint density at radius 3 is 2.47 bits per heavy atom. The average Bonchev–Trinajstić information content (AvgIpc) is 2.57. The van der Waals surface area contributed by atoms with Gasteiger partial charge in [0.15, 0.2) is 0 Å². The van der Waals surface area contributed by atoms with Crippen molar-refractivity contribution in [1.82, 2.24) is 9.78 Å². The van der Waals surface area contributed by atoms with Gasteiger partial charge in [-0.1, -0.05) is 6.07 Å². The maximum absolute atomic E-state index is 13.9. The minimum atomic E-state index is -0.297. The molecular weight excluding hydrogens is 239 g/mol. The van der Waals surface area contributed by atoms with Gasteiger partial charge in [-0.15, -0.1) is 11.6 Å². The first-order chi connectivity index (χ1) is 8.04. The number of benzene rings is 1. The summed E-state index contributed by atoms with van der Waals surface area (Å²) in [6, 6.07) is 4.98. The van der Waals surface area contributed by atoms with Gasteiger partial charge >= 0.3 is 0 Å². The maximum atomic E-state index is 13.9. The molecule has 0 fully saturated rings. The van der Waals surface area contributed by atoms with E-state index in [2.05, 4.69) is 5.10 Å². The molecule has 4 heteroatoms. The number of rotatable bonds is 2. The van der Waals surface area contributed by atoms with Crippen LogP contribution in [-0.4, -0.2) is 9.78 Å². The van der Waals surface area contributed by atoms with Gasteiger partial charge in [0.05, 0.1) is 5.69 Å². The van der Waals surface area contributed by atoms with E-state index in [9.17, 15) is 4.39 Å². The Labute approximate surface area is 105 Å². The molecule has 0 aliphatic rings. The Hall–Kier alpha value is -1.35. The summed E-state index contributed by atoms with van der Waals surface area (Å²) in [5.74, 6) is 0.0154. The van der Waals surface area contributed by atoms with Crippen LogP contribution in [0.15, 0.2) is 18.2 Å². The lowest BCUT2D eigenvalue weighted by molar-refractivity contribution is 0.606. The van der Waals surface area contributed by atoms with Gasteiger partial charge < -0.3 is 0 Å². The number of hydrogen-bond donors (Lipinski definition) is 0. The second-order valence-electron chi connectivity index (χ2n) is 4.13. The third kappa shape index (κ3) is 2.07. The van der Waals surface area contributed by atoms with Gasteiger partial charge in [0.1, 0.15) is 11.5 Å². The summed E-state index contributed by atoms with van der Waals surface area (Å²) < 4.78 is 15.6. The monoisotopic (exact) mass is 252 g/mol. The summed E-state index contributed by atoms with van der Waals surface area (Å²) in [7, 11) is 0. The fourth-order valence-corrected chi connectivity index (χ4v) is 1.93. The van der Waals surface area contributed by atoms with E-state index in [0.29, 0.717) is 11.6 Å². The maximum Gasteiger partial charge on any atom is 0.149 e. The van der Waals surface area contributed by atoms with Crippen molar-refractivity contribution >= 4 is 11.6 Å². The minimum absolute atomic E-state index is 0.297. The number of nitrogens with zero attached hydrogens (tertiary/aromatic N) is 2. The zero-order valence-electron chi connectivity index (χ0n) is 10.1.